The summed E-state index contributed by atoms with van der Waals surface area (Å²) in [6.07, 6.45) is -0.957. The Morgan fingerprint density at radius 2 is 1.74 bits per heavy atom. The number of methoxy groups -OCH3 is 2. The topological polar surface area (TPSA) is 137 Å². The maximum absolute atomic E-state index is 12.5. The molecule has 1 aliphatic heterocycles. The first kappa shape index (κ1) is 22.1. The van der Waals surface area contributed by atoms with Crippen LogP contribution in [0.15, 0.2) is 41.3 Å². The summed E-state index contributed by atoms with van der Waals surface area (Å²) >= 11 is 0. The number of fused-ring (bicyclic) bond motifs is 1. The number of hydrogen-bond donors (Lipinski definition) is 2. The summed E-state index contributed by atoms with van der Waals surface area (Å²) in [6, 6.07) is 8.54. The van der Waals surface area contributed by atoms with E-state index in [1.54, 1.807) is 12.1 Å². The average Bonchev–Trinajstić information content (AvgIpc) is 3.02. The lowest BCUT2D eigenvalue weighted by Crippen LogP contribution is -2.28. The zero-order valence-electron chi connectivity index (χ0n) is 16.9. The largest absolute Gasteiger partial charge is 0.493 e. The molecule has 1 heterocycles. The van der Waals surface area contributed by atoms with Crippen LogP contribution in [0.3, 0.4) is 0 Å². The van der Waals surface area contributed by atoms with E-state index in [-0.39, 0.29) is 22.6 Å². The van der Waals surface area contributed by atoms with E-state index in [0.29, 0.717) is 17.0 Å². The van der Waals surface area contributed by atoms with E-state index < -0.39 is 33.9 Å². The molecule has 0 spiro atoms. The third-order valence-electron chi connectivity index (χ3n) is 4.48. The molecular formula is C20H20N2O8S. The van der Waals surface area contributed by atoms with Crippen LogP contribution in [0.25, 0.3) is 0 Å². The highest BCUT2D eigenvalue weighted by Gasteiger charge is 2.36. The lowest BCUT2D eigenvalue weighted by molar-refractivity contribution is -0.118. The number of carbonyl (C=O) groups excluding carboxylic acids is 3. The highest BCUT2D eigenvalue weighted by Crippen LogP contribution is 2.43. The van der Waals surface area contributed by atoms with E-state index in [1.807, 2.05) is 4.72 Å². The molecule has 11 heteroatoms. The van der Waals surface area contributed by atoms with Crippen LogP contribution in [-0.4, -0.2) is 40.4 Å². The summed E-state index contributed by atoms with van der Waals surface area (Å²) in [5.41, 5.74) is 1.06. The minimum atomic E-state index is -3.97. The molecular weight excluding hydrogens is 428 g/mol. The fourth-order valence-electron chi connectivity index (χ4n) is 3.17. The SMILES string of the molecule is COc1ccc2c(c1OC)C(=O)O[C@@H]2CC(=O)Nc1ccc(S(=O)(=O)NC(C)=O)cc1. The summed E-state index contributed by atoms with van der Waals surface area (Å²) in [4.78, 5) is 35.6. The number of rotatable bonds is 7. The van der Waals surface area contributed by atoms with Crippen LogP contribution in [0, 0.1) is 0 Å². The van der Waals surface area contributed by atoms with E-state index >= 15 is 0 Å². The van der Waals surface area contributed by atoms with Gasteiger partial charge in [-0.25, -0.2) is 17.9 Å². The Balaban J connectivity index is 1.72. The van der Waals surface area contributed by atoms with Crippen molar-refractivity contribution < 1.29 is 37.0 Å². The number of esters is 1. The minimum absolute atomic E-state index is 0.125. The van der Waals surface area contributed by atoms with Gasteiger partial charge in [-0.3, -0.25) is 9.59 Å². The van der Waals surface area contributed by atoms with Crippen molar-refractivity contribution in [3.63, 3.8) is 0 Å². The predicted octanol–water partition coefficient (Wildman–Crippen LogP) is 1.77. The van der Waals surface area contributed by atoms with Crippen LogP contribution in [0.1, 0.15) is 35.4 Å². The average molecular weight is 448 g/mol. The van der Waals surface area contributed by atoms with E-state index in [0.717, 1.165) is 6.92 Å². The molecule has 10 nitrogen and oxygen atoms in total. The van der Waals surface area contributed by atoms with Crippen molar-refractivity contribution in [2.24, 2.45) is 0 Å². The Labute approximate surface area is 178 Å². The van der Waals surface area contributed by atoms with Gasteiger partial charge in [0, 0.05) is 18.2 Å². The van der Waals surface area contributed by atoms with Gasteiger partial charge >= 0.3 is 5.97 Å². The molecule has 0 aromatic heterocycles. The quantitative estimate of drug-likeness (QED) is 0.612. The van der Waals surface area contributed by atoms with Crippen LogP contribution in [-0.2, 0) is 24.3 Å². The number of nitrogens with one attached hydrogen (secondary N) is 2. The van der Waals surface area contributed by atoms with Crippen molar-refractivity contribution in [3.05, 3.63) is 47.5 Å². The van der Waals surface area contributed by atoms with Gasteiger partial charge < -0.3 is 19.5 Å². The summed E-state index contributed by atoms with van der Waals surface area (Å²) in [5, 5.41) is 2.62. The molecule has 2 N–H and O–H groups in total. The van der Waals surface area contributed by atoms with Crippen molar-refractivity contribution >= 4 is 33.5 Å². The fraction of sp³-hybridized carbons (Fsp3) is 0.250. The van der Waals surface area contributed by atoms with Crippen molar-refractivity contribution in [1.82, 2.24) is 4.72 Å². The molecule has 0 saturated heterocycles. The molecule has 1 aliphatic rings. The lowest BCUT2D eigenvalue weighted by Gasteiger charge is -2.13. The fourth-order valence-corrected chi connectivity index (χ4v) is 4.16. The maximum atomic E-state index is 12.5. The van der Waals surface area contributed by atoms with E-state index in [1.165, 1.54) is 38.5 Å². The molecule has 1 atom stereocenters. The number of amides is 2. The second kappa shape index (κ2) is 8.64. The molecule has 31 heavy (non-hydrogen) atoms. The zero-order valence-corrected chi connectivity index (χ0v) is 17.7. The molecule has 0 radical (unpaired) electrons. The normalized spacial score (nSPS) is 14.9. The summed E-state index contributed by atoms with van der Waals surface area (Å²) in [7, 11) is -1.12. The van der Waals surface area contributed by atoms with Crippen molar-refractivity contribution in [3.8, 4) is 11.5 Å². The zero-order chi connectivity index (χ0) is 22.8. The first-order chi connectivity index (χ1) is 14.7. The Morgan fingerprint density at radius 3 is 2.32 bits per heavy atom. The number of cyclic esters (lactones) is 1. The number of ether oxygens (including phenoxy) is 3. The Kier molecular flexibility index (Phi) is 6.16. The summed E-state index contributed by atoms with van der Waals surface area (Å²) in [6.45, 7) is 1.09. The molecule has 0 fully saturated rings. The van der Waals surface area contributed by atoms with Gasteiger partial charge in [-0.15, -0.1) is 0 Å². The number of benzene rings is 2. The van der Waals surface area contributed by atoms with E-state index in [2.05, 4.69) is 5.32 Å². The van der Waals surface area contributed by atoms with Gasteiger partial charge in [0.2, 0.25) is 11.8 Å². The second-order valence-electron chi connectivity index (χ2n) is 6.60. The summed E-state index contributed by atoms with van der Waals surface area (Å²) in [5.74, 6) is -1.16. The number of carbonyl (C=O) groups is 3. The van der Waals surface area contributed by atoms with Crippen molar-refractivity contribution in [1.29, 1.82) is 0 Å². The monoisotopic (exact) mass is 448 g/mol. The first-order valence-corrected chi connectivity index (χ1v) is 10.5. The highest BCUT2D eigenvalue weighted by molar-refractivity contribution is 7.90. The van der Waals surface area contributed by atoms with E-state index in [9.17, 15) is 22.8 Å². The van der Waals surface area contributed by atoms with Gasteiger partial charge in [0.25, 0.3) is 10.0 Å². The van der Waals surface area contributed by atoms with Crippen LogP contribution in [0.5, 0.6) is 11.5 Å². The second-order valence-corrected chi connectivity index (χ2v) is 8.28. The lowest BCUT2D eigenvalue weighted by atomic mass is 10.0. The highest BCUT2D eigenvalue weighted by atomic mass is 32.2. The van der Waals surface area contributed by atoms with Crippen molar-refractivity contribution in [2.45, 2.75) is 24.3 Å². The number of sulfonamides is 1. The molecule has 0 bridgehead atoms. The van der Waals surface area contributed by atoms with Crippen LogP contribution in [0.2, 0.25) is 0 Å². The van der Waals surface area contributed by atoms with Gasteiger partial charge in [-0.05, 0) is 30.3 Å². The van der Waals surface area contributed by atoms with Crippen molar-refractivity contribution in [2.75, 3.05) is 19.5 Å². The van der Waals surface area contributed by atoms with Gasteiger partial charge in [0.05, 0.1) is 25.5 Å². The van der Waals surface area contributed by atoms with Crippen LogP contribution in [0.4, 0.5) is 5.69 Å². The van der Waals surface area contributed by atoms with Gasteiger partial charge in [0.1, 0.15) is 11.7 Å². The minimum Gasteiger partial charge on any atom is -0.493 e. The Bertz CT molecular complexity index is 1140. The molecule has 0 aliphatic carbocycles. The number of anilines is 1. The molecule has 2 aromatic carbocycles. The Hall–Kier alpha value is -3.60. The van der Waals surface area contributed by atoms with Crippen LogP contribution >= 0.6 is 0 Å². The third kappa shape index (κ3) is 4.61. The molecule has 3 rings (SSSR count). The van der Waals surface area contributed by atoms with Crippen LogP contribution < -0.4 is 19.5 Å². The Morgan fingerprint density at radius 1 is 1.06 bits per heavy atom. The smallest absolute Gasteiger partial charge is 0.343 e. The molecule has 164 valence electrons. The molecule has 0 unspecified atom stereocenters. The van der Waals surface area contributed by atoms with Gasteiger partial charge in [0.15, 0.2) is 11.5 Å². The molecule has 0 saturated carbocycles. The number of hydrogen-bond acceptors (Lipinski definition) is 8. The third-order valence-corrected chi connectivity index (χ3v) is 5.92. The van der Waals surface area contributed by atoms with Gasteiger partial charge in [-0.1, -0.05) is 6.07 Å². The first-order valence-electron chi connectivity index (χ1n) is 9.05. The van der Waals surface area contributed by atoms with E-state index in [4.69, 9.17) is 14.2 Å². The standard InChI is InChI=1S/C20H20N2O8S/c1-11(23)22-31(26,27)13-6-4-12(5-7-13)21-17(24)10-16-14-8-9-15(28-2)19(29-3)18(14)20(25)30-16/h4-9,16H,10H2,1-3H3,(H,21,24)(H,22,23)/t16-/m1/s1. The predicted molar refractivity (Wildman–Crippen MR) is 108 cm³/mol. The molecule has 2 aromatic rings. The molecule has 2 amide bonds. The summed E-state index contributed by atoms with van der Waals surface area (Å²) < 4.78 is 41.6. The maximum Gasteiger partial charge on any atom is 0.343 e. The van der Waals surface area contributed by atoms with Gasteiger partial charge in [-0.2, -0.15) is 0 Å².